The zero-order chi connectivity index (χ0) is 20.1. The Bertz CT molecular complexity index is 923. The summed E-state index contributed by atoms with van der Waals surface area (Å²) >= 11 is 3.23. The van der Waals surface area contributed by atoms with Gasteiger partial charge in [-0.25, -0.2) is 9.97 Å². The van der Waals surface area contributed by atoms with Crippen LogP contribution >= 0.6 is 22.7 Å². The van der Waals surface area contributed by atoms with Crippen molar-refractivity contribution in [2.45, 2.75) is 19.4 Å². The molecule has 8 heteroatoms. The third-order valence-electron chi connectivity index (χ3n) is 5.00. The number of pyridine rings is 1. The number of hydrogen-bond acceptors (Lipinski definition) is 7. The fourth-order valence-electron chi connectivity index (χ4n) is 3.32. The molecule has 0 aliphatic carbocycles. The van der Waals surface area contributed by atoms with Crippen LogP contribution in [-0.4, -0.2) is 54.0 Å². The summed E-state index contributed by atoms with van der Waals surface area (Å²) in [7, 11) is 2.16. The molecule has 1 aliphatic heterocycles. The molecular weight excluding hydrogens is 402 g/mol. The van der Waals surface area contributed by atoms with Gasteiger partial charge in [0.25, 0.3) is 0 Å². The minimum absolute atomic E-state index is 0.0215. The topological polar surface area (TPSA) is 61.4 Å². The van der Waals surface area contributed by atoms with Gasteiger partial charge in [-0.05, 0) is 43.1 Å². The van der Waals surface area contributed by atoms with Crippen molar-refractivity contribution >= 4 is 34.4 Å². The lowest BCUT2D eigenvalue weighted by Gasteiger charge is -2.21. The fourth-order valence-corrected chi connectivity index (χ4v) is 4.85. The summed E-state index contributed by atoms with van der Waals surface area (Å²) in [6, 6.07) is 6.16. The molecule has 3 aromatic rings. The Hall–Kier alpha value is -2.29. The molecule has 0 saturated carbocycles. The Balaban J connectivity index is 1.27. The van der Waals surface area contributed by atoms with Crippen LogP contribution in [-0.2, 0) is 17.8 Å². The van der Waals surface area contributed by atoms with Gasteiger partial charge in [-0.3, -0.25) is 4.79 Å². The zero-order valence-electron chi connectivity index (χ0n) is 16.5. The van der Waals surface area contributed by atoms with Gasteiger partial charge in [-0.1, -0.05) is 6.07 Å². The van der Waals surface area contributed by atoms with E-state index in [0.717, 1.165) is 60.2 Å². The van der Waals surface area contributed by atoms with E-state index in [9.17, 15) is 4.79 Å². The molecule has 1 amide bonds. The Morgan fingerprint density at radius 1 is 1.17 bits per heavy atom. The molecule has 29 heavy (non-hydrogen) atoms. The molecule has 0 radical (unpaired) electrons. The Labute approximate surface area is 179 Å². The molecule has 0 unspecified atom stereocenters. The number of likely N-dealkylation sites (N-methyl/N-ethyl adjacent to an activating group) is 1. The van der Waals surface area contributed by atoms with Gasteiger partial charge < -0.3 is 15.1 Å². The van der Waals surface area contributed by atoms with Crippen molar-refractivity contribution in [3.05, 3.63) is 51.8 Å². The number of anilines is 1. The largest absolute Gasteiger partial charge is 0.355 e. The second kappa shape index (κ2) is 9.47. The van der Waals surface area contributed by atoms with Gasteiger partial charge in [0, 0.05) is 48.7 Å². The van der Waals surface area contributed by atoms with Gasteiger partial charge in [0.15, 0.2) is 0 Å². The molecule has 1 fully saturated rings. The van der Waals surface area contributed by atoms with E-state index in [4.69, 9.17) is 0 Å². The van der Waals surface area contributed by atoms with Crippen LogP contribution in [0.4, 0.5) is 5.82 Å². The van der Waals surface area contributed by atoms with Crippen LogP contribution in [0.25, 0.3) is 10.6 Å². The van der Waals surface area contributed by atoms with Gasteiger partial charge in [-0.15, -0.1) is 11.3 Å². The summed E-state index contributed by atoms with van der Waals surface area (Å²) < 4.78 is 0. The first-order valence-electron chi connectivity index (χ1n) is 9.79. The van der Waals surface area contributed by atoms with Gasteiger partial charge in [0.1, 0.15) is 10.8 Å². The molecule has 0 aromatic carbocycles. The predicted octanol–water partition coefficient (Wildman–Crippen LogP) is 3.27. The maximum atomic E-state index is 12.3. The van der Waals surface area contributed by atoms with Crippen molar-refractivity contribution in [2.75, 3.05) is 38.1 Å². The number of nitrogens with zero attached hydrogens (tertiary/aromatic N) is 4. The average Bonchev–Trinajstić information content (AvgIpc) is 3.37. The molecule has 6 nitrogen and oxygen atoms in total. The quantitative estimate of drug-likeness (QED) is 0.654. The predicted molar refractivity (Wildman–Crippen MR) is 120 cm³/mol. The van der Waals surface area contributed by atoms with E-state index in [-0.39, 0.29) is 5.91 Å². The summed E-state index contributed by atoms with van der Waals surface area (Å²) in [5.41, 5.74) is 2.94. The molecule has 1 aliphatic rings. The molecule has 1 N–H and O–H groups in total. The first-order chi connectivity index (χ1) is 14.2. The lowest BCUT2D eigenvalue weighted by molar-refractivity contribution is -0.120. The molecule has 3 aromatic heterocycles. The molecule has 152 valence electrons. The molecule has 0 bridgehead atoms. The monoisotopic (exact) mass is 427 g/mol. The first kappa shape index (κ1) is 20.0. The molecule has 0 spiro atoms. The van der Waals surface area contributed by atoms with Crippen LogP contribution in [0.2, 0.25) is 0 Å². The third kappa shape index (κ3) is 5.41. The van der Waals surface area contributed by atoms with E-state index in [1.807, 2.05) is 23.0 Å². The normalized spacial score (nSPS) is 15.3. The van der Waals surface area contributed by atoms with E-state index >= 15 is 0 Å². The van der Waals surface area contributed by atoms with Crippen molar-refractivity contribution in [2.24, 2.45) is 0 Å². The minimum atomic E-state index is -0.0215. The second-order valence-corrected chi connectivity index (χ2v) is 8.92. The fraction of sp³-hybridized carbons (Fsp3) is 0.381. The van der Waals surface area contributed by atoms with Crippen molar-refractivity contribution in [3.63, 3.8) is 0 Å². The number of amides is 1. The van der Waals surface area contributed by atoms with Crippen molar-refractivity contribution < 1.29 is 4.79 Å². The second-order valence-electron chi connectivity index (χ2n) is 7.28. The number of aromatic nitrogens is 2. The summed E-state index contributed by atoms with van der Waals surface area (Å²) in [5.74, 6) is 0.991. The highest BCUT2D eigenvalue weighted by atomic mass is 32.1. The highest BCUT2D eigenvalue weighted by Gasteiger charge is 2.14. The van der Waals surface area contributed by atoms with Crippen LogP contribution in [0.1, 0.15) is 17.7 Å². The van der Waals surface area contributed by atoms with Crippen LogP contribution in [0, 0.1) is 0 Å². The highest BCUT2D eigenvalue weighted by molar-refractivity contribution is 7.14. The van der Waals surface area contributed by atoms with E-state index < -0.39 is 0 Å². The van der Waals surface area contributed by atoms with Crippen LogP contribution in [0.5, 0.6) is 0 Å². The number of hydrogen-bond donors (Lipinski definition) is 1. The number of nitrogens with one attached hydrogen (secondary N) is 1. The Morgan fingerprint density at radius 2 is 2.10 bits per heavy atom. The minimum Gasteiger partial charge on any atom is -0.355 e. The Morgan fingerprint density at radius 3 is 2.90 bits per heavy atom. The van der Waals surface area contributed by atoms with Crippen LogP contribution in [0.15, 0.2) is 40.5 Å². The molecule has 0 atom stereocenters. The summed E-state index contributed by atoms with van der Waals surface area (Å²) in [4.78, 5) is 26.2. The number of rotatable bonds is 6. The molecule has 4 heterocycles. The third-order valence-corrected chi connectivity index (χ3v) is 6.63. The van der Waals surface area contributed by atoms with Crippen LogP contribution < -0.4 is 10.2 Å². The first-order valence-corrected chi connectivity index (χ1v) is 11.6. The summed E-state index contributed by atoms with van der Waals surface area (Å²) in [6.45, 7) is 4.71. The van der Waals surface area contributed by atoms with E-state index in [0.29, 0.717) is 13.0 Å². The lowest BCUT2D eigenvalue weighted by Crippen LogP contribution is -2.29. The van der Waals surface area contributed by atoms with Crippen molar-refractivity contribution in [1.29, 1.82) is 0 Å². The standard InChI is InChI=1S/C21H25N5OS2/c1-25-6-2-7-26(9-8-25)19-4-3-16(12-22-19)13-23-20(27)11-18-15-29-21(24-18)17-5-10-28-14-17/h3-5,10,12,14-15H,2,6-9,11,13H2,1H3,(H,23,27). The van der Waals surface area contributed by atoms with Gasteiger partial charge >= 0.3 is 0 Å². The lowest BCUT2D eigenvalue weighted by atomic mass is 10.2. The maximum Gasteiger partial charge on any atom is 0.226 e. The molecular formula is C21H25N5OS2. The number of thiazole rings is 1. The summed E-state index contributed by atoms with van der Waals surface area (Å²) in [6.07, 6.45) is 3.32. The van der Waals surface area contributed by atoms with Gasteiger partial charge in [0.2, 0.25) is 5.91 Å². The zero-order valence-corrected chi connectivity index (χ0v) is 18.1. The van der Waals surface area contributed by atoms with Gasteiger partial charge in [0.05, 0.1) is 12.1 Å². The highest BCUT2D eigenvalue weighted by Crippen LogP contribution is 2.25. The number of carbonyl (C=O) groups is 1. The van der Waals surface area contributed by atoms with Gasteiger partial charge in [-0.2, -0.15) is 11.3 Å². The molecule has 4 rings (SSSR count). The maximum absolute atomic E-state index is 12.3. The number of carbonyl (C=O) groups excluding carboxylic acids is 1. The van der Waals surface area contributed by atoms with E-state index in [1.54, 1.807) is 22.7 Å². The van der Waals surface area contributed by atoms with E-state index in [2.05, 4.69) is 49.6 Å². The van der Waals surface area contributed by atoms with Crippen LogP contribution in [0.3, 0.4) is 0 Å². The SMILES string of the molecule is CN1CCCN(c2ccc(CNC(=O)Cc3csc(-c4ccsc4)n3)cn2)CC1. The van der Waals surface area contributed by atoms with Crippen molar-refractivity contribution in [1.82, 2.24) is 20.2 Å². The van der Waals surface area contributed by atoms with E-state index in [1.165, 1.54) is 0 Å². The smallest absolute Gasteiger partial charge is 0.226 e. The Kier molecular flexibility index (Phi) is 6.53. The van der Waals surface area contributed by atoms with Crippen molar-refractivity contribution in [3.8, 4) is 10.6 Å². The number of thiophene rings is 1. The average molecular weight is 428 g/mol. The molecule has 1 saturated heterocycles. The summed E-state index contributed by atoms with van der Waals surface area (Å²) in [5, 5.41) is 10.0.